The zero-order valence-corrected chi connectivity index (χ0v) is 11.0. The van der Waals surface area contributed by atoms with Gasteiger partial charge in [-0.15, -0.1) is 0 Å². The van der Waals surface area contributed by atoms with Crippen LogP contribution in [0.5, 0.6) is 11.5 Å². The van der Waals surface area contributed by atoms with E-state index in [4.69, 9.17) is 9.47 Å². The van der Waals surface area contributed by atoms with E-state index in [0.29, 0.717) is 11.3 Å². The summed E-state index contributed by atoms with van der Waals surface area (Å²) in [5, 5.41) is 2.01. The third-order valence-corrected chi connectivity index (χ3v) is 3.05. The van der Waals surface area contributed by atoms with Crippen molar-refractivity contribution in [2.24, 2.45) is 0 Å². The molecule has 0 N–H and O–H groups in total. The number of hydrogen-bond acceptors (Lipinski definition) is 3. The second-order valence-electron chi connectivity index (χ2n) is 4.28. The molecule has 2 rings (SSSR count). The molecule has 2 aromatic rings. The Morgan fingerprint density at radius 3 is 2.06 bits per heavy atom. The predicted octanol–water partition coefficient (Wildman–Crippen LogP) is 3.37. The van der Waals surface area contributed by atoms with Gasteiger partial charge in [0.05, 0.1) is 19.8 Å². The van der Waals surface area contributed by atoms with E-state index in [2.05, 4.69) is 0 Å². The van der Waals surface area contributed by atoms with E-state index in [9.17, 15) is 4.79 Å². The van der Waals surface area contributed by atoms with Crippen LogP contribution in [0.3, 0.4) is 0 Å². The van der Waals surface area contributed by atoms with E-state index in [1.165, 1.54) is 0 Å². The van der Waals surface area contributed by atoms with Crippen molar-refractivity contribution in [1.29, 1.82) is 0 Å². The summed E-state index contributed by atoms with van der Waals surface area (Å²) in [6, 6.07) is 7.70. The standard InChI is InChI=1S/C15H16O3/c1-9-5-11-6-13(10(2)16)15(18-4)8-12(11)7-14(9)17-3/h5-8H,1-4H3. The van der Waals surface area contributed by atoms with Crippen LogP contribution in [-0.2, 0) is 0 Å². The van der Waals surface area contributed by atoms with Crippen molar-refractivity contribution in [2.75, 3.05) is 14.2 Å². The molecule has 0 aliphatic heterocycles. The minimum absolute atomic E-state index is 0.00206. The number of ether oxygens (including phenoxy) is 2. The highest BCUT2D eigenvalue weighted by Gasteiger charge is 2.11. The number of benzene rings is 2. The van der Waals surface area contributed by atoms with Crippen LogP contribution in [0.2, 0.25) is 0 Å². The highest BCUT2D eigenvalue weighted by atomic mass is 16.5. The Morgan fingerprint density at radius 1 is 0.944 bits per heavy atom. The smallest absolute Gasteiger partial charge is 0.163 e. The summed E-state index contributed by atoms with van der Waals surface area (Å²) in [4.78, 5) is 11.6. The Labute approximate surface area is 106 Å². The SMILES string of the molecule is COc1cc2cc(OC)c(C(C)=O)cc2cc1C. The van der Waals surface area contributed by atoms with E-state index in [1.807, 2.05) is 31.2 Å². The van der Waals surface area contributed by atoms with Gasteiger partial charge in [-0.3, -0.25) is 4.79 Å². The monoisotopic (exact) mass is 244 g/mol. The number of Topliss-reactive ketones (excluding diaryl/α,β-unsaturated/α-hetero) is 1. The Kier molecular flexibility index (Phi) is 3.24. The molecule has 3 heteroatoms. The number of methoxy groups -OCH3 is 2. The van der Waals surface area contributed by atoms with E-state index in [-0.39, 0.29) is 5.78 Å². The van der Waals surface area contributed by atoms with Crippen molar-refractivity contribution in [3.8, 4) is 11.5 Å². The maximum Gasteiger partial charge on any atom is 0.163 e. The first kappa shape index (κ1) is 12.4. The zero-order chi connectivity index (χ0) is 13.3. The van der Waals surface area contributed by atoms with Crippen LogP contribution in [0.1, 0.15) is 22.8 Å². The molecular formula is C15H16O3. The molecule has 0 aromatic heterocycles. The minimum Gasteiger partial charge on any atom is -0.496 e. The van der Waals surface area contributed by atoms with Gasteiger partial charge >= 0.3 is 0 Å². The van der Waals surface area contributed by atoms with Crippen molar-refractivity contribution >= 4 is 16.6 Å². The van der Waals surface area contributed by atoms with Crippen LogP contribution in [0, 0.1) is 6.92 Å². The van der Waals surface area contributed by atoms with Crippen LogP contribution in [0.25, 0.3) is 10.8 Å². The van der Waals surface area contributed by atoms with Gasteiger partial charge in [0.25, 0.3) is 0 Å². The van der Waals surface area contributed by atoms with Gasteiger partial charge in [-0.1, -0.05) is 0 Å². The van der Waals surface area contributed by atoms with E-state index >= 15 is 0 Å². The number of hydrogen-bond donors (Lipinski definition) is 0. The fraction of sp³-hybridized carbons (Fsp3) is 0.267. The molecular weight excluding hydrogens is 228 g/mol. The van der Waals surface area contributed by atoms with Gasteiger partial charge in [0.1, 0.15) is 11.5 Å². The molecule has 2 aromatic carbocycles. The van der Waals surface area contributed by atoms with Gasteiger partial charge in [-0.25, -0.2) is 0 Å². The van der Waals surface area contributed by atoms with Crippen molar-refractivity contribution < 1.29 is 14.3 Å². The molecule has 3 nitrogen and oxygen atoms in total. The second kappa shape index (κ2) is 4.69. The van der Waals surface area contributed by atoms with Crippen molar-refractivity contribution in [2.45, 2.75) is 13.8 Å². The van der Waals surface area contributed by atoms with Crippen molar-refractivity contribution in [1.82, 2.24) is 0 Å². The lowest BCUT2D eigenvalue weighted by atomic mass is 10.0. The summed E-state index contributed by atoms with van der Waals surface area (Å²) >= 11 is 0. The molecule has 0 saturated carbocycles. The lowest BCUT2D eigenvalue weighted by molar-refractivity contribution is 0.101. The molecule has 0 aliphatic rings. The Bertz CT molecular complexity index is 615. The first-order valence-corrected chi connectivity index (χ1v) is 5.74. The summed E-state index contributed by atoms with van der Waals surface area (Å²) in [7, 11) is 3.22. The normalized spacial score (nSPS) is 10.4. The van der Waals surface area contributed by atoms with Crippen LogP contribution < -0.4 is 9.47 Å². The van der Waals surface area contributed by atoms with Crippen LogP contribution in [0.4, 0.5) is 0 Å². The number of carbonyl (C=O) groups excluding carboxylic acids is 1. The zero-order valence-electron chi connectivity index (χ0n) is 11.0. The number of ketones is 1. The quantitative estimate of drug-likeness (QED) is 0.776. The van der Waals surface area contributed by atoms with Gasteiger partial charge in [0.15, 0.2) is 5.78 Å². The lowest BCUT2D eigenvalue weighted by Crippen LogP contribution is -1.98. The van der Waals surface area contributed by atoms with Crippen LogP contribution in [0.15, 0.2) is 24.3 Å². The molecule has 18 heavy (non-hydrogen) atoms. The summed E-state index contributed by atoms with van der Waals surface area (Å²) in [5.74, 6) is 1.43. The van der Waals surface area contributed by atoms with Crippen LogP contribution in [-0.4, -0.2) is 20.0 Å². The average molecular weight is 244 g/mol. The maximum absolute atomic E-state index is 11.6. The summed E-state index contributed by atoms with van der Waals surface area (Å²) in [6.45, 7) is 3.52. The number of fused-ring (bicyclic) bond motifs is 1. The average Bonchev–Trinajstić information content (AvgIpc) is 2.36. The molecule has 0 aliphatic carbocycles. The molecule has 0 amide bonds. The van der Waals surface area contributed by atoms with Gasteiger partial charge in [-0.05, 0) is 54.4 Å². The third kappa shape index (κ3) is 2.04. The number of carbonyl (C=O) groups is 1. The fourth-order valence-electron chi connectivity index (χ4n) is 2.09. The molecule has 94 valence electrons. The topological polar surface area (TPSA) is 35.5 Å². The molecule has 0 saturated heterocycles. The van der Waals surface area contributed by atoms with Gasteiger partial charge in [0, 0.05) is 0 Å². The lowest BCUT2D eigenvalue weighted by Gasteiger charge is -2.11. The first-order chi connectivity index (χ1) is 8.56. The van der Waals surface area contributed by atoms with E-state index < -0.39 is 0 Å². The summed E-state index contributed by atoms with van der Waals surface area (Å²) in [6.07, 6.45) is 0. The van der Waals surface area contributed by atoms with Crippen molar-refractivity contribution in [3.05, 3.63) is 35.4 Å². The Hall–Kier alpha value is -2.03. The third-order valence-electron chi connectivity index (χ3n) is 3.05. The highest BCUT2D eigenvalue weighted by molar-refractivity contribution is 6.02. The maximum atomic E-state index is 11.6. The second-order valence-corrected chi connectivity index (χ2v) is 4.28. The molecule has 0 bridgehead atoms. The Balaban J connectivity index is 2.75. The van der Waals surface area contributed by atoms with Crippen LogP contribution >= 0.6 is 0 Å². The number of aryl methyl sites for hydroxylation is 1. The first-order valence-electron chi connectivity index (χ1n) is 5.74. The minimum atomic E-state index is 0.00206. The fourth-order valence-corrected chi connectivity index (χ4v) is 2.09. The molecule has 0 unspecified atom stereocenters. The molecule has 0 heterocycles. The molecule has 0 spiro atoms. The Morgan fingerprint density at radius 2 is 1.50 bits per heavy atom. The highest BCUT2D eigenvalue weighted by Crippen LogP contribution is 2.31. The van der Waals surface area contributed by atoms with Gasteiger partial charge in [0.2, 0.25) is 0 Å². The van der Waals surface area contributed by atoms with Gasteiger partial charge in [-0.2, -0.15) is 0 Å². The number of rotatable bonds is 3. The molecule has 0 atom stereocenters. The van der Waals surface area contributed by atoms with Crippen molar-refractivity contribution in [3.63, 3.8) is 0 Å². The molecule has 0 fully saturated rings. The predicted molar refractivity (Wildman–Crippen MR) is 71.8 cm³/mol. The summed E-state index contributed by atoms with van der Waals surface area (Å²) < 4.78 is 10.6. The molecule has 0 radical (unpaired) electrons. The summed E-state index contributed by atoms with van der Waals surface area (Å²) in [5.41, 5.74) is 1.65. The van der Waals surface area contributed by atoms with Gasteiger partial charge < -0.3 is 9.47 Å². The van der Waals surface area contributed by atoms with E-state index in [0.717, 1.165) is 22.1 Å². The largest absolute Gasteiger partial charge is 0.496 e. The van der Waals surface area contributed by atoms with E-state index in [1.54, 1.807) is 21.1 Å².